The Balaban J connectivity index is 1.64. The molecule has 24 heavy (non-hydrogen) atoms. The number of nitrogens with one attached hydrogen (secondary N) is 1. The lowest BCUT2D eigenvalue weighted by atomic mass is 10.2. The van der Waals surface area contributed by atoms with Crippen LogP contribution < -0.4 is 15.1 Å². The molecule has 1 saturated heterocycles. The topological polar surface area (TPSA) is 44.3 Å². The Hall–Kier alpha value is -2.30. The van der Waals surface area contributed by atoms with Gasteiger partial charge in [-0.1, -0.05) is 18.2 Å². The molecule has 0 unspecified atom stereocenters. The fourth-order valence-electron chi connectivity index (χ4n) is 3.34. The fraction of sp³-hybridized carbons (Fsp3) is 0.474. The molecule has 5 nitrogen and oxygen atoms in total. The van der Waals surface area contributed by atoms with E-state index in [0.717, 1.165) is 37.9 Å². The minimum Gasteiger partial charge on any atom is -0.368 e. The zero-order valence-electron chi connectivity index (χ0n) is 14.7. The first-order valence-corrected chi connectivity index (χ1v) is 8.95. The van der Waals surface area contributed by atoms with Crippen molar-refractivity contribution in [2.24, 2.45) is 0 Å². The monoisotopic (exact) mass is 325 g/mol. The maximum absolute atomic E-state index is 4.66. The van der Waals surface area contributed by atoms with Crippen LogP contribution in [0.25, 0.3) is 0 Å². The number of hydrogen-bond acceptors (Lipinski definition) is 5. The number of hydrogen-bond donors (Lipinski definition) is 1. The van der Waals surface area contributed by atoms with Crippen molar-refractivity contribution >= 4 is 17.5 Å². The summed E-state index contributed by atoms with van der Waals surface area (Å²) in [6.07, 6.45) is 4.30. The first kappa shape index (κ1) is 16.6. The molecule has 0 saturated carbocycles. The lowest BCUT2D eigenvalue weighted by molar-refractivity contribution is 0.695. The van der Waals surface area contributed by atoms with Gasteiger partial charge in [-0.25, -0.2) is 4.98 Å². The number of anilines is 3. The molecular weight excluding hydrogens is 298 g/mol. The van der Waals surface area contributed by atoms with Crippen molar-refractivity contribution in [3.8, 4) is 0 Å². The second-order valence-corrected chi connectivity index (χ2v) is 6.12. The Labute approximate surface area is 144 Å². The second kappa shape index (κ2) is 7.99. The molecule has 0 aliphatic carbocycles. The van der Waals surface area contributed by atoms with Gasteiger partial charge in [0.15, 0.2) is 0 Å². The van der Waals surface area contributed by atoms with Gasteiger partial charge in [0.2, 0.25) is 5.95 Å². The Morgan fingerprint density at radius 3 is 2.71 bits per heavy atom. The molecule has 5 heteroatoms. The third kappa shape index (κ3) is 3.78. The Bertz CT molecular complexity index is 627. The van der Waals surface area contributed by atoms with Crippen LogP contribution in [0.2, 0.25) is 0 Å². The summed E-state index contributed by atoms with van der Waals surface area (Å²) in [6, 6.07) is 13.2. The summed E-state index contributed by atoms with van der Waals surface area (Å²) in [5.74, 6) is 1.71. The molecule has 1 aliphatic heterocycles. The van der Waals surface area contributed by atoms with E-state index < -0.39 is 0 Å². The summed E-state index contributed by atoms with van der Waals surface area (Å²) < 4.78 is 0. The van der Waals surface area contributed by atoms with Crippen molar-refractivity contribution in [3.63, 3.8) is 0 Å². The zero-order chi connectivity index (χ0) is 16.8. The highest BCUT2D eigenvalue weighted by atomic mass is 15.3. The van der Waals surface area contributed by atoms with Crippen LogP contribution >= 0.6 is 0 Å². The van der Waals surface area contributed by atoms with Gasteiger partial charge in [-0.2, -0.15) is 4.98 Å². The predicted octanol–water partition coefficient (Wildman–Crippen LogP) is 3.40. The van der Waals surface area contributed by atoms with E-state index in [4.69, 9.17) is 0 Å². The first-order valence-electron chi connectivity index (χ1n) is 8.95. The van der Waals surface area contributed by atoms with Crippen molar-refractivity contribution in [1.82, 2.24) is 9.97 Å². The summed E-state index contributed by atoms with van der Waals surface area (Å²) in [5, 5.41) is 3.51. The second-order valence-electron chi connectivity index (χ2n) is 6.12. The normalized spacial score (nSPS) is 17.1. The Morgan fingerprint density at radius 1 is 1.17 bits per heavy atom. The van der Waals surface area contributed by atoms with E-state index in [0.29, 0.717) is 6.04 Å². The third-order valence-corrected chi connectivity index (χ3v) is 4.67. The van der Waals surface area contributed by atoms with Gasteiger partial charge in [0.25, 0.3) is 0 Å². The summed E-state index contributed by atoms with van der Waals surface area (Å²) in [6.45, 7) is 8.13. The van der Waals surface area contributed by atoms with Crippen LogP contribution in [0.3, 0.4) is 0 Å². The van der Waals surface area contributed by atoms with E-state index in [1.807, 2.05) is 12.3 Å². The SMILES string of the molecule is CCN(CC)c1nccc(NC[C@@H]2CCCN2c2ccccc2)n1. The molecule has 128 valence electrons. The number of para-hydroxylation sites is 1. The molecule has 2 heterocycles. The average molecular weight is 325 g/mol. The number of benzene rings is 1. The lowest BCUT2D eigenvalue weighted by Crippen LogP contribution is -2.35. The summed E-state index contributed by atoms with van der Waals surface area (Å²) in [7, 11) is 0. The highest BCUT2D eigenvalue weighted by Crippen LogP contribution is 2.25. The molecule has 1 atom stereocenters. The molecule has 0 radical (unpaired) electrons. The molecule has 1 aliphatic rings. The fourth-order valence-corrected chi connectivity index (χ4v) is 3.34. The Kier molecular flexibility index (Phi) is 5.51. The van der Waals surface area contributed by atoms with E-state index in [-0.39, 0.29) is 0 Å². The third-order valence-electron chi connectivity index (χ3n) is 4.67. The minimum atomic E-state index is 0.513. The molecule has 1 aromatic carbocycles. The number of rotatable bonds is 7. The van der Waals surface area contributed by atoms with E-state index >= 15 is 0 Å². The largest absolute Gasteiger partial charge is 0.368 e. The van der Waals surface area contributed by atoms with Crippen LogP contribution in [0.15, 0.2) is 42.6 Å². The zero-order valence-corrected chi connectivity index (χ0v) is 14.7. The molecule has 0 amide bonds. The molecule has 3 rings (SSSR count). The van der Waals surface area contributed by atoms with Gasteiger partial charge >= 0.3 is 0 Å². The molecule has 1 aromatic heterocycles. The van der Waals surface area contributed by atoms with Gasteiger partial charge in [-0.05, 0) is 44.9 Å². The number of aromatic nitrogens is 2. The van der Waals surface area contributed by atoms with Crippen LogP contribution in [0, 0.1) is 0 Å². The van der Waals surface area contributed by atoms with E-state index in [2.05, 4.69) is 69.3 Å². The molecular formula is C19H27N5. The maximum atomic E-state index is 4.66. The minimum absolute atomic E-state index is 0.513. The molecule has 1 fully saturated rings. The van der Waals surface area contributed by atoms with Crippen LogP contribution in [-0.2, 0) is 0 Å². The lowest BCUT2D eigenvalue weighted by Gasteiger charge is -2.27. The van der Waals surface area contributed by atoms with E-state index in [1.165, 1.54) is 18.5 Å². The van der Waals surface area contributed by atoms with Crippen LogP contribution in [-0.4, -0.2) is 42.2 Å². The van der Waals surface area contributed by atoms with Crippen molar-refractivity contribution in [2.75, 3.05) is 41.3 Å². The molecule has 0 spiro atoms. The summed E-state index contributed by atoms with van der Waals surface area (Å²) in [5.41, 5.74) is 1.31. The Morgan fingerprint density at radius 2 is 1.96 bits per heavy atom. The first-order chi connectivity index (χ1) is 11.8. The van der Waals surface area contributed by atoms with Crippen LogP contribution in [0.4, 0.5) is 17.5 Å². The van der Waals surface area contributed by atoms with Gasteiger partial charge in [-0.15, -0.1) is 0 Å². The van der Waals surface area contributed by atoms with Gasteiger partial charge in [0.1, 0.15) is 5.82 Å². The van der Waals surface area contributed by atoms with E-state index in [9.17, 15) is 0 Å². The highest BCUT2D eigenvalue weighted by molar-refractivity contribution is 5.49. The van der Waals surface area contributed by atoms with Crippen molar-refractivity contribution in [3.05, 3.63) is 42.6 Å². The van der Waals surface area contributed by atoms with Crippen molar-refractivity contribution < 1.29 is 0 Å². The van der Waals surface area contributed by atoms with Gasteiger partial charge in [-0.3, -0.25) is 0 Å². The maximum Gasteiger partial charge on any atom is 0.227 e. The predicted molar refractivity (Wildman–Crippen MR) is 101 cm³/mol. The smallest absolute Gasteiger partial charge is 0.227 e. The van der Waals surface area contributed by atoms with Gasteiger partial charge < -0.3 is 15.1 Å². The van der Waals surface area contributed by atoms with Gasteiger partial charge in [0, 0.05) is 44.1 Å². The highest BCUT2D eigenvalue weighted by Gasteiger charge is 2.24. The standard InChI is InChI=1S/C19H27N5/c1-3-23(4-2)19-20-13-12-18(22-19)21-15-17-11-8-14-24(17)16-9-6-5-7-10-16/h5-7,9-10,12-13,17H,3-4,8,11,14-15H2,1-2H3,(H,20,21,22)/t17-/m0/s1. The molecule has 2 aromatic rings. The van der Waals surface area contributed by atoms with Crippen molar-refractivity contribution in [2.45, 2.75) is 32.7 Å². The van der Waals surface area contributed by atoms with Gasteiger partial charge in [0.05, 0.1) is 0 Å². The molecule has 0 bridgehead atoms. The number of nitrogens with zero attached hydrogens (tertiary/aromatic N) is 4. The van der Waals surface area contributed by atoms with Crippen LogP contribution in [0.5, 0.6) is 0 Å². The van der Waals surface area contributed by atoms with Crippen molar-refractivity contribution in [1.29, 1.82) is 0 Å². The summed E-state index contributed by atoms with van der Waals surface area (Å²) >= 11 is 0. The van der Waals surface area contributed by atoms with E-state index in [1.54, 1.807) is 0 Å². The summed E-state index contributed by atoms with van der Waals surface area (Å²) in [4.78, 5) is 13.7. The quantitative estimate of drug-likeness (QED) is 0.845. The molecule has 1 N–H and O–H groups in total. The average Bonchev–Trinajstić information content (AvgIpc) is 3.11. The van der Waals surface area contributed by atoms with Crippen LogP contribution in [0.1, 0.15) is 26.7 Å².